The summed E-state index contributed by atoms with van der Waals surface area (Å²) in [4.78, 5) is 11.5. The summed E-state index contributed by atoms with van der Waals surface area (Å²) in [6.45, 7) is 5.06. The highest BCUT2D eigenvalue weighted by Gasteiger charge is 2.19. The first-order valence-corrected chi connectivity index (χ1v) is 6.02. The number of aromatic nitrogens is 1. The first kappa shape index (κ1) is 13.7. The lowest BCUT2D eigenvalue weighted by atomic mass is 10.3. The molecule has 0 aliphatic carbocycles. The van der Waals surface area contributed by atoms with Crippen molar-refractivity contribution in [2.45, 2.75) is 20.0 Å². The lowest BCUT2D eigenvalue weighted by Crippen LogP contribution is -2.14. The number of nitrogens with zero attached hydrogens (tertiary/aromatic N) is 1. The summed E-state index contributed by atoms with van der Waals surface area (Å²) < 4.78 is 13.9. The van der Waals surface area contributed by atoms with Crippen molar-refractivity contribution in [2.75, 3.05) is 31.3 Å². The fourth-order valence-corrected chi connectivity index (χ4v) is 1.91. The van der Waals surface area contributed by atoms with Crippen LogP contribution in [0, 0.1) is 0 Å². The van der Waals surface area contributed by atoms with Crippen LogP contribution >= 0.6 is 11.5 Å². The predicted molar refractivity (Wildman–Crippen MR) is 67.4 cm³/mol. The second kappa shape index (κ2) is 6.41. The molecule has 17 heavy (non-hydrogen) atoms. The lowest BCUT2D eigenvalue weighted by Gasteiger charge is -2.08. The van der Waals surface area contributed by atoms with Crippen LogP contribution in [0.2, 0.25) is 0 Å². The molecule has 0 unspecified atom stereocenters. The SMILES string of the molecule is COC(=O)c1c(N)nsc1NCCOC(C)C. The quantitative estimate of drug-likeness (QED) is 0.592. The van der Waals surface area contributed by atoms with E-state index in [-0.39, 0.29) is 11.9 Å². The van der Waals surface area contributed by atoms with Gasteiger partial charge in [-0.15, -0.1) is 0 Å². The van der Waals surface area contributed by atoms with Crippen LogP contribution in [0.25, 0.3) is 0 Å². The van der Waals surface area contributed by atoms with E-state index in [1.54, 1.807) is 0 Å². The zero-order valence-electron chi connectivity index (χ0n) is 10.1. The van der Waals surface area contributed by atoms with E-state index in [2.05, 4.69) is 14.4 Å². The lowest BCUT2D eigenvalue weighted by molar-refractivity contribution is 0.0603. The third-order valence-electron chi connectivity index (χ3n) is 1.95. The minimum atomic E-state index is -0.483. The number of nitrogens with two attached hydrogens (primary N) is 1. The van der Waals surface area contributed by atoms with Gasteiger partial charge in [0.25, 0.3) is 0 Å². The van der Waals surface area contributed by atoms with Crippen molar-refractivity contribution < 1.29 is 14.3 Å². The number of nitrogens with one attached hydrogen (secondary N) is 1. The van der Waals surface area contributed by atoms with Gasteiger partial charge in [0.1, 0.15) is 10.6 Å². The Morgan fingerprint density at radius 3 is 2.88 bits per heavy atom. The van der Waals surface area contributed by atoms with Crippen LogP contribution in [0.15, 0.2) is 0 Å². The zero-order valence-corrected chi connectivity index (χ0v) is 11.0. The van der Waals surface area contributed by atoms with Crippen LogP contribution in [0.5, 0.6) is 0 Å². The molecular formula is C10H17N3O3S. The summed E-state index contributed by atoms with van der Waals surface area (Å²) in [5, 5.41) is 3.67. The smallest absolute Gasteiger partial charge is 0.344 e. The Morgan fingerprint density at radius 2 is 2.29 bits per heavy atom. The molecule has 0 aromatic carbocycles. The van der Waals surface area contributed by atoms with Crippen molar-refractivity contribution in [1.29, 1.82) is 0 Å². The van der Waals surface area contributed by atoms with Crippen LogP contribution in [-0.4, -0.2) is 36.7 Å². The van der Waals surface area contributed by atoms with Crippen molar-refractivity contribution in [3.05, 3.63) is 5.56 Å². The summed E-state index contributed by atoms with van der Waals surface area (Å²) in [6.07, 6.45) is 0.184. The average Bonchev–Trinajstić information content (AvgIpc) is 2.65. The third kappa shape index (κ3) is 3.86. The summed E-state index contributed by atoms with van der Waals surface area (Å²) in [5.41, 5.74) is 5.89. The molecule has 0 saturated heterocycles. The maximum absolute atomic E-state index is 11.5. The summed E-state index contributed by atoms with van der Waals surface area (Å²) in [7, 11) is 1.31. The molecule has 96 valence electrons. The molecule has 0 radical (unpaired) electrons. The molecule has 3 N–H and O–H groups in total. The van der Waals surface area contributed by atoms with Crippen molar-refractivity contribution in [3.8, 4) is 0 Å². The van der Waals surface area contributed by atoms with Gasteiger partial charge in [-0.1, -0.05) is 0 Å². The van der Waals surface area contributed by atoms with E-state index >= 15 is 0 Å². The first-order valence-electron chi connectivity index (χ1n) is 5.25. The Morgan fingerprint density at radius 1 is 1.59 bits per heavy atom. The Bertz CT molecular complexity index is 379. The monoisotopic (exact) mass is 259 g/mol. The molecule has 0 spiro atoms. The number of carbonyl (C=O) groups excluding carboxylic acids is 1. The Kier molecular flexibility index (Phi) is 5.17. The molecule has 0 aliphatic rings. The summed E-state index contributed by atoms with van der Waals surface area (Å²) in [5.74, 6) is -0.294. The van der Waals surface area contributed by atoms with E-state index in [1.807, 2.05) is 13.8 Å². The van der Waals surface area contributed by atoms with Gasteiger partial charge in [-0.25, -0.2) is 4.79 Å². The van der Waals surface area contributed by atoms with Crippen LogP contribution in [0.1, 0.15) is 24.2 Å². The van der Waals surface area contributed by atoms with Crippen LogP contribution in [0.3, 0.4) is 0 Å². The van der Waals surface area contributed by atoms with Gasteiger partial charge in [-0.05, 0) is 25.4 Å². The fraction of sp³-hybridized carbons (Fsp3) is 0.600. The number of hydrogen-bond acceptors (Lipinski definition) is 7. The second-order valence-electron chi connectivity index (χ2n) is 3.61. The van der Waals surface area contributed by atoms with Crippen molar-refractivity contribution in [3.63, 3.8) is 0 Å². The molecule has 0 amide bonds. The molecule has 6 nitrogen and oxygen atoms in total. The van der Waals surface area contributed by atoms with E-state index in [1.165, 1.54) is 7.11 Å². The van der Waals surface area contributed by atoms with Crippen molar-refractivity contribution in [1.82, 2.24) is 4.37 Å². The number of carbonyl (C=O) groups is 1. The van der Waals surface area contributed by atoms with Gasteiger partial charge in [0.15, 0.2) is 5.82 Å². The second-order valence-corrected chi connectivity index (χ2v) is 4.38. The molecule has 1 aromatic heterocycles. The molecule has 7 heteroatoms. The van der Waals surface area contributed by atoms with Crippen molar-refractivity contribution in [2.24, 2.45) is 0 Å². The molecule has 0 atom stereocenters. The largest absolute Gasteiger partial charge is 0.465 e. The van der Waals surface area contributed by atoms with Gasteiger partial charge in [0.05, 0.1) is 19.8 Å². The maximum Gasteiger partial charge on any atom is 0.344 e. The van der Waals surface area contributed by atoms with Crippen LogP contribution < -0.4 is 11.1 Å². The van der Waals surface area contributed by atoms with Gasteiger partial charge in [-0.2, -0.15) is 4.37 Å². The van der Waals surface area contributed by atoms with Gasteiger partial charge in [-0.3, -0.25) is 0 Å². The zero-order chi connectivity index (χ0) is 12.8. The van der Waals surface area contributed by atoms with Crippen LogP contribution in [0.4, 0.5) is 10.8 Å². The number of nitrogen functional groups attached to an aromatic ring is 1. The number of hydrogen-bond donors (Lipinski definition) is 2. The third-order valence-corrected chi connectivity index (χ3v) is 2.77. The maximum atomic E-state index is 11.5. The van der Waals surface area contributed by atoms with Crippen LogP contribution in [-0.2, 0) is 9.47 Å². The Labute approximate surface area is 104 Å². The first-order chi connectivity index (χ1) is 8.06. The van der Waals surface area contributed by atoms with E-state index < -0.39 is 5.97 Å². The Balaban J connectivity index is 2.56. The molecule has 1 heterocycles. The number of rotatable bonds is 6. The molecule has 0 bridgehead atoms. The minimum Gasteiger partial charge on any atom is -0.465 e. The molecule has 1 aromatic rings. The molecule has 0 fully saturated rings. The number of esters is 1. The summed E-state index contributed by atoms with van der Waals surface area (Å²) in [6, 6.07) is 0. The normalized spacial score (nSPS) is 10.6. The minimum absolute atomic E-state index is 0.184. The highest BCUT2D eigenvalue weighted by molar-refractivity contribution is 7.11. The van der Waals surface area contributed by atoms with E-state index in [0.29, 0.717) is 23.7 Å². The van der Waals surface area contributed by atoms with Gasteiger partial charge < -0.3 is 20.5 Å². The highest BCUT2D eigenvalue weighted by Crippen LogP contribution is 2.27. The van der Waals surface area contributed by atoms with Gasteiger partial charge in [0, 0.05) is 6.54 Å². The average molecular weight is 259 g/mol. The van der Waals surface area contributed by atoms with Gasteiger partial charge in [0.2, 0.25) is 0 Å². The molecule has 1 rings (SSSR count). The van der Waals surface area contributed by atoms with Crippen molar-refractivity contribution >= 4 is 28.3 Å². The highest BCUT2D eigenvalue weighted by atomic mass is 32.1. The molecule has 0 aliphatic heterocycles. The summed E-state index contributed by atoms with van der Waals surface area (Å²) >= 11 is 1.14. The fourth-order valence-electron chi connectivity index (χ4n) is 1.18. The standard InChI is InChI=1S/C10H17N3O3S/c1-6(2)16-5-4-12-9-7(10(14)15-3)8(11)13-17-9/h6,12H,4-5H2,1-3H3,(H2,11,13). The topological polar surface area (TPSA) is 86.5 Å². The molecular weight excluding hydrogens is 242 g/mol. The predicted octanol–water partition coefficient (Wildman–Crippen LogP) is 1.35. The Hall–Kier alpha value is -1.34. The number of anilines is 2. The molecule has 0 saturated carbocycles. The number of methoxy groups -OCH3 is 1. The van der Waals surface area contributed by atoms with E-state index in [0.717, 1.165) is 11.5 Å². The number of ether oxygens (including phenoxy) is 2. The van der Waals surface area contributed by atoms with E-state index in [4.69, 9.17) is 10.5 Å². The van der Waals surface area contributed by atoms with Gasteiger partial charge >= 0.3 is 5.97 Å². The van der Waals surface area contributed by atoms with E-state index in [9.17, 15) is 4.79 Å².